The van der Waals surface area contributed by atoms with E-state index in [1.165, 1.54) is 6.08 Å². The highest BCUT2D eigenvalue weighted by Crippen LogP contribution is 2.19. The average molecular weight is 497 g/mol. The Morgan fingerprint density at radius 2 is 1.19 bits per heavy atom. The zero-order chi connectivity index (χ0) is 25.4. The molecule has 0 saturated heterocycles. The van der Waals surface area contributed by atoms with Crippen molar-refractivity contribution in [3.05, 3.63) is 144 Å². The Labute approximate surface area is 212 Å². The summed E-state index contributed by atoms with van der Waals surface area (Å²) in [5.41, 5.74) is 3.74. The van der Waals surface area contributed by atoms with Gasteiger partial charge in [0.15, 0.2) is 0 Å². The van der Waals surface area contributed by atoms with Crippen LogP contribution < -0.4 is 4.72 Å². The predicted octanol–water partition coefficient (Wildman–Crippen LogP) is 5.54. The van der Waals surface area contributed by atoms with E-state index in [0.717, 1.165) is 16.7 Å². The van der Waals surface area contributed by atoms with Crippen LogP contribution in [0.1, 0.15) is 22.3 Å². The van der Waals surface area contributed by atoms with Gasteiger partial charge in [-0.15, -0.1) is 0 Å². The molecule has 0 spiro atoms. The van der Waals surface area contributed by atoms with Crippen LogP contribution in [0.15, 0.2) is 126 Å². The first-order chi connectivity index (χ1) is 17.4. The number of hydrogen-bond donors (Lipinski definition) is 1. The topological polar surface area (TPSA) is 66.5 Å². The SMILES string of the molecule is Cc1ccc(S(=O)(=O)N/C(=C\C(=O)N(Cc2ccccc2)Cc2ccccc2)c2ccccc2)cc1. The second-order valence-electron chi connectivity index (χ2n) is 8.51. The molecule has 0 aliphatic heterocycles. The maximum absolute atomic E-state index is 13.6. The van der Waals surface area contributed by atoms with Crippen molar-refractivity contribution in [2.24, 2.45) is 0 Å². The lowest BCUT2D eigenvalue weighted by Gasteiger charge is -2.23. The molecule has 4 aromatic rings. The van der Waals surface area contributed by atoms with Crippen molar-refractivity contribution >= 4 is 21.6 Å². The Hall–Kier alpha value is -4.16. The zero-order valence-electron chi connectivity index (χ0n) is 20.0. The third-order valence-corrected chi connectivity index (χ3v) is 7.05. The summed E-state index contributed by atoms with van der Waals surface area (Å²) in [6.07, 6.45) is 1.37. The zero-order valence-corrected chi connectivity index (χ0v) is 20.9. The van der Waals surface area contributed by atoms with Gasteiger partial charge in [-0.1, -0.05) is 109 Å². The molecule has 1 N–H and O–H groups in total. The van der Waals surface area contributed by atoms with Gasteiger partial charge in [-0.25, -0.2) is 8.42 Å². The molecule has 1 amide bonds. The number of nitrogens with one attached hydrogen (secondary N) is 1. The fraction of sp³-hybridized carbons (Fsp3) is 0.100. The lowest BCUT2D eigenvalue weighted by molar-refractivity contribution is -0.127. The van der Waals surface area contributed by atoms with Crippen molar-refractivity contribution in [2.45, 2.75) is 24.9 Å². The Bertz CT molecular complexity index is 1380. The summed E-state index contributed by atoms with van der Waals surface area (Å²) in [5.74, 6) is -0.298. The molecule has 0 fully saturated rings. The number of aryl methyl sites for hydroxylation is 1. The van der Waals surface area contributed by atoms with Crippen LogP contribution in [0.5, 0.6) is 0 Å². The van der Waals surface area contributed by atoms with Gasteiger partial charge in [0.2, 0.25) is 5.91 Å². The first kappa shape index (κ1) is 24.9. The second kappa shape index (κ2) is 11.5. The largest absolute Gasteiger partial charge is 0.330 e. The fourth-order valence-corrected chi connectivity index (χ4v) is 4.82. The number of amides is 1. The monoisotopic (exact) mass is 496 g/mol. The Balaban J connectivity index is 1.69. The molecule has 6 heteroatoms. The Morgan fingerprint density at radius 1 is 0.722 bits per heavy atom. The molecule has 4 aromatic carbocycles. The van der Waals surface area contributed by atoms with Gasteiger partial charge in [-0.05, 0) is 35.7 Å². The highest BCUT2D eigenvalue weighted by Gasteiger charge is 2.20. The normalized spacial score (nSPS) is 11.6. The number of carbonyl (C=O) groups is 1. The van der Waals surface area contributed by atoms with Crippen LogP contribution >= 0.6 is 0 Å². The molecule has 182 valence electrons. The number of hydrogen-bond acceptors (Lipinski definition) is 3. The molecule has 0 saturated carbocycles. The highest BCUT2D eigenvalue weighted by molar-refractivity contribution is 7.89. The summed E-state index contributed by atoms with van der Waals surface area (Å²) in [7, 11) is -3.90. The summed E-state index contributed by atoms with van der Waals surface area (Å²) in [6, 6.07) is 35.0. The molecule has 0 atom stereocenters. The van der Waals surface area contributed by atoms with Gasteiger partial charge in [-0.2, -0.15) is 0 Å². The molecule has 36 heavy (non-hydrogen) atoms. The third kappa shape index (κ3) is 6.71. The lowest BCUT2D eigenvalue weighted by atomic mass is 10.1. The molecule has 0 aromatic heterocycles. The van der Waals surface area contributed by atoms with Crippen molar-refractivity contribution in [2.75, 3.05) is 0 Å². The number of carbonyl (C=O) groups excluding carboxylic acids is 1. The van der Waals surface area contributed by atoms with Gasteiger partial charge in [0, 0.05) is 19.2 Å². The lowest BCUT2D eigenvalue weighted by Crippen LogP contribution is -2.30. The molecule has 0 radical (unpaired) electrons. The quantitative estimate of drug-likeness (QED) is 0.309. The molecule has 5 nitrogen and oxygen atoms in total. The maximum Gasteiger partial charge on any atom is 0.261 e. The van der Waals surface area contributed by atoms with E-state index >= 15 is 0 Å². The van der Waals surface area contributed by atoms with Crippen LogP contribution in [0.2, 0.25) is 0 Å². The summed E-state index contributed by atoms with van der Waals surface area (Å²) < 4.78 is 29.0. The van der Waals surface area contributed by atoms with Crippen LogP contribution in [-0.4, -0.2) is 19.2 Å². The Kier molecular flexibility index (Phi) is 7.98. The minimum Gasteiger partial charge on any atom is -0.330 e. The minimum absolute atomic E-state index is 0.132. The van der Waals surface area contributed by atoms with Crippen molar-refractivity contribution < 1.29 is 13.2 Å². The van der Waals surface area contributed by atoms with Gasteiger partial charge < -0.3 is 4.90 Å². The molecule has 0 bridgehead atoms. The first-order valence-electron chi connectivity index (χ1n) is 11.6. The average Bonchev–Trinajstić information content (AvgIpc) is 2.90. The van der Waals surface area contributed by atoms with E-state index in [9.17, 15) is 13.2 Å². The van der Waals surface area contributed by atoms with E-state index in [0.29, 0.717) is 18.7 Å². The van der Waals surface area contributed by atoms with E-state index in [2.05, 4.69) is 4.72 Å². The van der Waals surface area contributed by atoms with Crippen molar-refractivity contribution in [1.29, 1.82) is 0 Å². The number of rotatable bonds is 9. The van der Waals surface area contributed by atoms with Crippen LogP contribution in [0.25, 0.3) is 5.70 Å². The summed E-state index contributed by atoms with van der Waals surface area (Å²) in [4.78, 5) is 15.5. The van der Waals surface area contributed by atoms with Crippen LogP contribution in [0.3, 0.4) is 0 Å². The molecular weight excluding hydrogens is 468 g/mol. The standard InChI is InChI=1S/C30H28N2O3S/c1-24-17-19-28(20-18-24)36(34,35)31-29(27-15-9-4-10-16-27)21-30(33)32(22-25-11-5-2-6-12-25)23-26-13-7-3-8-14-26/h2-21,31H,22-23H2,1H3/b29-21-. The molecule has 0 heterocycles. The Morgan fingerprint density at radius 3 is 1.69 bits per heavy atom. The van der Waals surface area contributed by atoms with E-state index in [1.807, 2.05) is 73.7 Å². The second-order valence-corrected chi connectivity index (χ2v) is 10.2. The van der Waals surface area contributed by atoms with Gasteiger partial charge in [-0.3, -0.25) is 9.52 Å². The van der Waals surface area contributed by atoms with Crippen molar-refractivity contribution in [1.82, 2.24) is 9.62 Å². The van der Waals surface area contributed by atoms with E-state index in [-0.39, 0.29) is 16.5 Å². The van der Waals surface area contributed by atoms with Crippen LogP contribution in [-0.2, 0) is 27.9 Å². The minimum atomic E-state index is -3.90. The van der Waals surface area contributed by atoms with Crippen molar-refractivity contribution in [3.63, 3.8) is 0 Å². The van der Waals surface area contributed by atoms with Crippen LogP contribution in [0.4, 0.5) is 0 Å². The van der Waals surface area contributed by atoms with Crippen molar-refractivity contribution in [3.8, 4) is 0 Å². The molecular formula is C30H28N2O3S. The van der Waals surface area contributed by atoms with E-state index < -0.39 is 10.0 Å². The predicted molar refractivity (Wildman–Crippen MR) is 143 cm³/mol. The fourth-order valence-electron chi connectivity index (χ4n) is 3.74. The van der Waals surface area contributed by atoms with E-state index in [4.69, 9.17) is 0 Å². The van der Waals surface area contributed by atoms with Gasteiger partial charge in [0.05, 0.1) is 10.6 Å². The molecule has 0 aliphatic rings. The summed E-state index contributed by atoms with van der Waals surface area (Å²) in [5, 5.41) is 0. The van der Waals surface area contributed by atoms with Gasteiger partial charge in [0.1, 0.15) is 0 Å². The van der Waals surface area contributed by atoms with E-state index in [1.54, 1.807) is 53.4 Å². The van der Waals surface area contributed by atoms with Gasteiger partial charge >= 0.3 is 0 Å². The molecule has 0 aliphatic carbocycles. The number of nitrogens with zero attached hydrogens (tertiary/aromatic N) is 1. The third-order valence-electron chi connectivity index (χ3n) is 5.67. The van der Waals surface area contributed by atoms with Gasteiger partial charge in [0.25, 0.3) is 10.0 Å². The number of sulfonamides is 1. The highest BCUT2D eigenvalue weighted by atomic mass is 32.2. The summed E-state index contributed by atoms with van der Waals surface area (Å²) >= 11 is 0. The number of benzene rings is 4. The van der Waals surface area contributed by atoms with Crippen LogP contribution in [0, 0.1) is 6.92 Å². The first-order valence-corrected chi connectivity index (χ1v) is 13.1. The molecule has 4 rings (SSSR count). The summed E-state index contributed by atoms with van der Waals surface area (Å²) in [6.45, 7) is 2.67. The molecule has 0 unspecified atom stereocenters. The smallest absolute Gasteiger partial charge is 0.261 e. The maximum atomic E-state index is 13.6.